The number of thiazole rings is 1. The Morgan fingerprint density at radius 1 is 1.56 bits per heavy atom. The van der Waals surface area contributed by atoms with E-state index in [9.17, 15) is 0 Å². The van der Waals surface area contributed by atoms with Gasteiger partial charge in [0.1, 0.15) is 0 Å². The molecule has 0 bridgehead atoms. The SMILES string of the molecule is CCc1ncc(CNCC2(CCO)CC2)s1. The van der Waals surface area contributed by atoms with Gasteiger partial charge in [0.25, 0.3) is 0 Å². The largest absolute Gasteiger partial charge is 0.396 e. The van der Waals surface area contributed by atoms with Crippen LogP contribution in [0.15, 0.2) is 6.20 Å². The van der Waals surface area contributed by atoms with Gasteiger partial charge in [-0.05, 0) is 31.1 Å². The number of aromatic nitrogens is 1. The second-order valence-electron chi connectivity index (χ2n) is 4.65. The summed E-state index contributed by atoms with van der Waals surface area (Å²) in [5.41, 5.74) is 0.410. The van der Waals surface area contributed by atoms with Gasteiger partial charge in [-0.15, -0.1) is 11.3 Å². The molecule has 0 aliphatic heterocycles. The van der Waals surface area contributed by atoms with Crippen molar-refractivity contribution in [2.75, 3.05) is 13.2 Å². The highest BCUT2D eigenvalue weighted by Gasteiger charge is 2.41. The molecule has 1 saturated carbocycles. The first-order chi connectivity index (χ1) is 7.78. The van der Waals surface area contributed by atoms with Gasteiger partial charge in [-0.3, -0.25) is 0 Å². The zero-order chi connectivity index (χ0) is 11.4. The standard InChI is InChI=1S/C12H20N2OS/c1-2-11-14-8-10(16-11)7-13-9-12(3-4-12)5-6-15/h8,13,15H,2-7,9H2,1H3. The topological polar surface area (TPSA) is 45.2 Å². The third-order valence-electron chi connectivity index (χ3n) is 3.30. The summed E-state index contributed by atoms with van der Waals surface area (Å²) in [4.78, 5) is 5.66. The van der Waals surface area contributed by atoms with Crippen molar-refractivity contribution in [3.63, 3.8) is 0 Å². The molecule has 0 amide bonds. The molecule has 0 unspecified atom stereocenters. The number of hydrogen-bond acceptors (Lipinski definition) is 4. The van der Waals surface area contributed by atoms with Crippen LogP contribution in [0.3, 0.4) is 0 Å². The lowest BCUT2D eigenvalue weighted by Crippen LogP contribution is -2.24. The summed E-state index contributed by atoms with van der Waals surface area (Å²) in [6.07, 6.45) is 6.48. The lowest BCUT2D eigenvalue weighted by atomic mass is 10.0. The summed E-state index contributed by atoms with van der Waals surface area (Å²) in [6, 6.07) is 0. The van der Waals surface area contributed by atoms with Gasteiger partial charge in [-0.1, -0.05) is 6.92 Å². The van der Waals surface area contributed by atoms with Gasteiger partial charge in [0.05, 0.1) is 5.01 Å². The van der Waals surface area contributed by atoms with E-state index in [-0.39, 0.29) is 0 Å². The quantitative estimate of drug-likeness (QED) is 0.766. The number of aryl methyl sites for hydroxylation is 1. The fourth-order valence-electron chi connectivity index (χ4n) is 1.97. The molecule has 16 heavy (non-hydrogen) atoms. The van der Waals surface area contributed by atoms with Crippen molar-refractivity contribution >= 4 is 11.3 Å². The predicted octanol–water partition coefficient (Wildman–Crippen LogP) is 1.96. The normalized spacial score (nSPS) is 17.6. The maximum absolute atomic E-state index is 8.96. The summed E-state index contributed by atoms with van der Waals surface area (Å²) in [6.45, 7) is 4.41. The first-order valence-electron chi connectivity index (χ1n) is 6.03. The predicted molar refractivity (Wildman–Crippen MR) is 66.6 cm³/mol. The van der Waals surface area contributed by atoms with Gasteiger partial charge in [0.2, 0.25) is 0 Å². The lowest BCUT2D eigenvalue weighted by molar-refractivity contribution is 0.245. The van der Waals surface area contributed by atoms with E-state index >= 15 is 0 Å². The second kappa shape index (κ2) is 5.25. The van der Waals surface area contributed by atoms with E-state index in [4.69, 9.17) is 5.11 Å². The highest BCUT2D eigenvalue weighted by molar-refractivity contribution is 7.11. The molecular weight excluding hydrogens is 220 g/mol. The van der Waals surface area contributed by atoms with Gasteiger partial charge in [-0.2, -0.15) is 0 Å². The van der Waals surface area contributed by atoms with Gasteiger partial charge >= 0.3 is 0 Å². The monoisotopic (exact) mass is 240 g/mol. The fourth-order valence-corrected chi connectivity index (χ4v) is 2.81. The minimum absolute atomic E-state index is 0.322. The smallest absolute Gasteiger partial charge is 0.0925 e. The molecular formula is C12H20N2OS. The molecule has 0 spiro atoms. The Bertz CT molecular complexity index is 334. The van der Waals surface area contributed by atoms with Crippen LogP contribution in [0, 0.1) is 5.41 Å². The van der Waals surface area contributed by atoms with E-state index in [1.165, 1.54) is 22.7 Å². The van der Waals surface area contributed by atoms with E-state index in [1.807, 2.05) is 6.20 Å². The van der Waals surface area contributed by atoms with Crippen molar-refractivity contribution in [3.8, 4) is 0 Å². The summed E-state index contributed by atoms with van der Waals surface area (Å²) in [5.74, 6) is 0. The zero-order valence-corrected chi connectivity index (χ0v) is 10.6. The fraction of sp³-hybridized carbons (Fsp3) is 0.750. The number of rotatable bonds is 7. The molecule has 1 aromatic heterocycles. The lowest BCUT2D eigenvalue weighted by Gasteiger charge is -2.13. The third kappa shape index (κ3) is 3.03. The Labute approximate surface area is 101 Å². The van der Waals surface area contributed by atoms with Crippen molar-refractivity contribution in [3.05, 3.63) is 16.1 Å². The number of aliphatic hydroxyl groups excluding tert-OH is 1. The Hall–Kier alpha value is -0.450. The summed E-state index contributed by atoms with van der Waals surface area (Å²) >= 11 is 1.79. The molecule has 1 aromatic rings. The van der Waals surface area contributed by atoms with E-state index in [2.05, 4.69) is 17.2 Å². The Morgan fingerprint density at radius 2 is 2.38 bits per heavy atom. The number of nitrogens with one attached hydrogen (secondary N) is 1. The van der Waals surface area contributed by atoms with Crippen LogP contribution in [0.25, 0.3) is 0 Å². The van der Waals surface area contributed by atoms with Crippen LogP contribution < -0.4 is 5.32 Å². The average Bonchev–Trinajstić information content (AvgIpc) is 2.89. The molecule has 1 fully saturated rings. The minimum Gasteiger partial charge on any atom is -0.396 e. The maximum Gasteiger partial charge on any atom is 0.0925 e. The molecule has 0 aromatic carbocycles. The number of hydrogen-bond donors (Lipinski definition) is 2. The van der Waals surface area contributed by atoms with Gasteiger partial charge in [0.15, 0.2) is 0 Å². The van der Waals surface area contributed by atoms with Crippen LogP contribution >= 0.6 is 11.3 Å². The zero-order valence-electron chi connectivity index (χ0n) is 9.83. The van der Waals surface area contributed by atoms with Gasteiger partial charge < -0.3 is 10.4 Å². The maximum atomic E-state index is 8.96. The molecule has 2 rings (SSSR count). The third-order valence-corrected chi connectivity index (χ3v) is 4.44. The van der Waals surface area contributed by atoms with E-state index < -0.39 is 0 Å². The summed E-state index contributed by atoms with van der Waals surface area (Å²) in [7, 11) is 0. The molecule has 1 heterocycles. The summed E-state index contributed by atoms with van der Waals surface area (Å²) in [5, 5.41) is 13.7. The van der Waals surface area contributed by atoms with Gasteiger partial charge in [-0.25, -0.2) is 4.98 Å². The molecule has 0 radical (unpaired) electrons. The van der Waals surface area contributed by atoms with E-state index in [1.54, 1.807) is 11.3 Å². The number of aliphatic hydroxyl groups is 1. The molecule has 0 atom stereocenters. The van der Waals surface area contributed by atoms with Crippen molar-refractivity contribution in [1.29, 1.82) is 0 Å². The van der Waals surface area contributed by atoms with Crippen LogP contribution in [-0.2, 0) is 13.0 Å². The van der Waals surface area contributed by atoms with Crippen molar-refractivity contribution in [1.82, 2.24) is 10.3 Å². The molecule has 4 heteroatoms. The number of nitrogens with zero attached hydrogens (tertiary/aromatic N) is 1. The van der Waals surface area contributed by atoms with Crippen LogP contribution in [0.4, 0.5) is 0 Å². The average molecular weight is 240 g/mol. The van der Waals surface area contributed by atoms with E-state index in [0.717, 1.165) is 25.9 Å². The van der Waals surface area contributed by atoms with E-state index in [0.29, 0.717) is 12.0 Å². The highest BCUT2D eigenvalue weighted by Crippen LogP contribution is 2.47. The molecule has 2 N–H and O–H groups in total. The highest BCUT2D eigenvalue weighted by atomic mass is 32.1. The molecule has 1 aliphatic carbocycles. The molecule has 1 aliphatic rings. The minimum atomic E-state index is 0.322. The second-order valence-corrected chi connectivity index (χ2v) is 5.85. The molecule has 90 valence electrons. The summed E-state index contributed by atoms with van der Waals surface area (Å²) < 4.78 is 0. The van der Waals surface area contributed by atoms with Crippen molar-refractivity contribution in [2.24, 2.45) is 5.41 Å². The van der Waals surface area contributed by atoms with Gasteiger partial charge in [0, 0.05) is 30.8 Å². The van der Waals surface area contributed by atoms with Crippen molar-refractivity contribution < 1.29 is 5.11 Å². The molecule has 3 nitrogen and oxygen atoms in total. The van der Waals surface area contributed by atoms with Crippen LogP contribution in [0.1, 0.15) is 36.1 Å². The van der Waals surface area contributed by atoms with Crippen molar-refractivity contribution in [2.45, 2.75) is 39.2 Å². The Kier molecular flexibility index (Phi) is 3.95. The molecule has 0 saturated heterocycles. The van der Waals surface area contributed by atoms with Crippen LogP contribution in [0.5, 0.6) is 0 Å². The first-order valence-corrected chi connectivity index (χ1v) is 6.85. The first kappa shape index (κ1) is 12.0. The van der Waals surface area contributed by atoms with Crippen LogP contribution in [0.2, 0.25) is 0 Å². The Balaban J connectivity index is 1.71. The Morgan fingerprint density at radius 3 is 2.94 bits per heavy atom. The van der Waals surface area contributed by atoms with Crippen LogP contribution in [-0.4, -0.2) is 23.2 Å².